The van der Waals surface area contributed by atoms with Crippen molar-refractivity contribution in [2.75, 3.05) is 13.1 Å². The molecule has 1 saturated heterocycles. The molecular weight excluding hydrogens is 366 g/mol. The van der Waals surface area contributed by atoms with E-state index in [9.17, 15) is 17.2 Å². The average molecular weight is 378 g/mol. The van der Waals surface area contributed by atoms with Gasteiger partial charge in [-0.2, -0.15) is 9.29 Å². The molecule has 7 nitrogen and oxygen atoms in total. The van der Waals surface area contributed by atoms with Gasteiger partial charge in [-0.15, -0.1) is 0 Å². The Morgan fingerprint density at radius 3 is 2.69 bits per heavy atom. The Hall–Kier alpha value is -2.72. The number of pyridine rings is 1. The number of nitrogens with zero attached hydrogens (tertiary/aromatic N) is 4. The Kier molecular flexibility index (Phi) is 4.00. The van der Waals surface area contributed by atoms with Gasteiger partial charge in [-0.3, -0.25) is 4.98 Å². The number of hydrogen-bond acceptors (Lipinski definition) is 6. The Morgan fingerprint density at radius 2 is 2.00 bits per heavy atom. The molecule has 26 heavy (non-hydrogen) atoms. The third-order valence-electron chi connectivity index (χ3n) is 4.07. The summed E-state index contributed by atoms with van der Waals surface area (Å²) >= 11 is 0. The molecule has 0 amide bonds. The van der Waals surface area contributed by atoms with Crippen LogP contribution in [0.15, 0.2) is 52.1 Å². The maximum Gasteiger partial charge on any atom is 0.246 e. The molecule has 0 N–H and O–H groups in total. The first kappa shape index (κ1) is 16.7. The number of benzene rings is 1. The van der Waals surface area contributed by atoms with Gasteiger partial charge in [0.1, 0.15) is 16.5 Å². The van der Waals surface area contributed by atoms with Gasteiger partial charge in [0.05, 0.1) is 5.92 Å². The van der Waals surface area contributed by atoms with Crippen molar-refractivity contribution in [1.82, 2.24) is 19.4 Å². The van der Waals surface area contributed by atoms with Crippen LogP contribution in [0, 0.1) is 11.6 Å². The molecule has 3 aromatic rings. The topological polar surface area (TPSA) is 89.2 Å². The monoisotopic (exact) mass is 378 g/mol. The van der Waals surface area contributed by atoms with E-state index in [4.69, 9.17) is 4.52 Å². The summed E-state index contributed by atoms with van der Waals surface area (Å²) in [5, 5.41) is 3.86. The van der Waals surface area contributed by atoms with Crippen molar-refractivity contribution in [2.24, 2.45) is 0 Å². The largest absolute Gasteiger partial charge is 0.339 e. The molecular formula is C16H12F2N4O3S. The van der Waals surface area contributed by atoms with Crippen LogP contribution in [0.1, 0.15) is 11.8 Å². The van der Waals surface area contributed by atoms with Gasteiger partial charge in [-0.05, 0) is 24.3 Å². The van der Waals surface area contributed by atoms with Crippen LogP contribution in [-0.4, -0.2) is 40.9 Å². The standard InChI is InChI=1S/C16H12F2N4O3S/c17-12-3-4-14(13(18)6-12)26(23,24)22-8-11(9-22)16-20-15(21-25-16)10-2-1-5-19-7-10/h1-7,11H,8-9H2. The number of aromatic nitrogens is 3. The maximum absolute atomic E-state index is 13.8. The molecule has 1 aliphatic heterocycles. The summed E-state index contributed by atoms with van der Waals surface area (Å²) < 4.78 is 57.9. The number of hydrogen-bond donors (Lipinski definition) is 0. The summed E-state index contributed by atoms with van der Waals surface area (Å²) in [6.07, 6.45) is 3.21. The van der Waals surface area contributed by atoms with Gasteiger partial charge in [-0.25, -0.2) is 17.2 Å². The van der Waals surface area contributed by atoms with Crippen LogP contribution >= 0.6 is 0 Å². The van der Waals surface area contributed by atoms with Crippen molar-refractivity contribution in [3.8, 4) is 11.4 Å². The van der Waals surface area contributed by atoms with Crippen LogP contribution < -0.4 is 0 Å². The Labute approximate surface area is 147 Å². The van der Waals surface area contributed by atoms with E-state index in [0.29, 0.717) is 23.3 Å². The third-order valence-corrected chi connectivity index (χ3v) is 5.94. The molecule has 1 aliphatic rings. The Bertz CT molecular complexity index is 1050. The van der Waals surface area contributed by atoms with Gasteiger partial charge >= 0.3 is 0 Å². The lowest BCUT2D eigenvalue weighted by molar-refractivity contribution is 0.216. The van der Waals surface area contributed by atoms with Gasteiger partial charge in [0.2, 0.25) is 21.7 Å². The Balaban J connectivity index is 1.49. The zero-order valence-corrected chi connectivity index (χ0v) is 14.0. The minimum absolute atomic E-state index is 0.0772. The third kappa shape index (κ3) is 2.86. The second-order valence-corrected chi connectivity index (χ2v) is 7.70. The molecule has 0 radical (unpaired) electrons. The SMILES string of the molecule is O=S(=O)(c1ccc(F)cc1F)N1CC(c2nc(-c3cccnc3)no2)C1. The molecule has 4 rings (SSSR count). The highest BCUT2D eigenvalue weighted by molar-refractivity contribution is 7.89. The Morgan fingerprint density at radius 1 is 1.19 bits per heavy atom. The predicted octanol–water partition coefficient (Wildman–Crippen LogP) is 2.20. The first-order valence-electron chi connectivity index (χ1n) is 7.64. The van der Waals surface area contributed by atoms with Gasteiger partial charge in [0, 0.05) is 37.1 Å². The van der Waals surface area contributed by atoms with Crippen molar-refractivity contribution < 1.29 is 21.7 Å². The maximum atomic E-state index is 13.8. The average Bonchev–Trinajstić information content (AvgIpc) is 3.03. The van der Waals surface area contributed by atoms with Crippen molar-refractivity contribution in [1.29, 1.82) is 0 Å². The minimum Gasteiger partial charge on any atom is -0.339 e. The molecule has 2 aromatic heterocycles. The lowest BCUT2D eigenvalue weighted by Gasteiger charge is -2.35. The van der Waals surface area contributed by atoms with Crippen molar-refractivity contribution in [3.63, 3.8) is 0 Å². The van der Waals surface area contributed by atoms with E-state index in [2.05, 4.69) is 15.1 Å². The van der Waals surface area contributed by atoms with Gasteiger partial charge in [0.25, 0.3) is 0 Å². The van der Waals surface area contributed by atoms with Crippen LogP contribution in [0.4, 0.5) is 8.78 Å². The molecule has 134 valence electrons. The minimum atomic E-state index is -4.04. The molecule has 3 heterocycles. The highest BCUT2D eigenvalue weighted by atomic mass is 32.2. The van der Waals surface area contributed by atoms with Gasteiger partial charge < -0.3 is 4.52 Å². The summed E-state index contributed by atoms with van der Waals surface area (Å²) in [4.78, 5) is 7.67. The van der Waals surface area contributed by atoms with Crippen molar-refractivity contribution >= 4 is 10.0 Å². The van der Waals surface area contributed by atoms with Crippen molar-refractivity contribution in [3.05, 3.63) is 60.3 Å². The van der Waals surface area contributed by atoms with E-state index in [1.165, 1.54) is 0 Å². The van der Waals surface area contributed by atoms with E-state index in [-0.39, 0.29) is 19.0 Å². The summed E-state index contributed by atoms with van der Waals surface area (Å²) in [5.74, 6) is -1.58. The van der Waals surface area contributed by atoms with Crippen molar-refractivity contribution in [2.45, 2.75) is 10.8 Å². The molecule has 1 fully saturated rings. The number of sulfonamides is 1. The van der Waals surface area contributed by atoms with Crippen LogP contribution in [0.2, 0.25) is 0 Å². The van der Waals surface area contributed by atoms with E-state index >= 15 is 0 Å². The number of rotatable bonds is 4. The lowest BCUT2D eigenvalue weighted by atomic mass is 10.0. The molecule has 0 aliphatic carbocycles. The summed E-state index contributed by atoms with van der Waals surface area (Å²) in [7, 11) is -4.04. The summed E-state index contributed by atoms with van der Waals surface area (Å²) in [6.45, 7) is 0.154. The number of halogens is 2. The first-order valence-corrected chi connectivity index (χ1v) is 9.08. The second kappa shape index (κ2) is 6.22. The zero-order valence-electron chi connectivity index (χ0n) is 13.2. The fraction of sp³-hybridized carbons (Fsp3) is 0.188. The molecule has 0 spiro atoms. The molecule has 10 heteroatoms. The van der Waals surface area contributed by atoms with Crippen LogP contribution in [0.3, 0.4) is 0 Å². The van der Waals surface area contributed by atoms with Crippen LogP contribution in [-0.2, 0) is 10.0 Å². The van der Waals surface area contributed by atoms with Crippen LogP contribution in [0.5, 0.6) is 0 Å². The fourth-order valence-corrected chi connectivity index (χ4v) is 4.20. The van der Waals surface area contributed by atoms with E-state index in [1.54, 1.807) is 24.5 Å². The lowest BCUT2D eigenvalue weighted by Crippen LogP contribution is -2.48. The molecule has 0 saturated carbocycles. The van der Waals surface area contributed by atoms with Crippen LogP contribution in [0.25, 0.3) is 11.4 Å². The molecule has 0 unspecified atom stereocenters. The molecule has 1 aromatic carbocycles. The summed E-state index contributed by atoms with van der Waals surface area (Å²) in [6, 6.07) is 5.88. The second-order valence-electron chi connectivity index (χ2n) is 5.79. The molecule has 0 atom stereocenters. The fourth-order valence-electron chi connectivity index (χ4n) is 2.63. The quantitative estimate of drug-likeness (QED) is 0.691. The summed E-state index contributed by atoms with van der Waals surface area (Å²) in [5.41, 5.74) is 0.680. The first-order chi connectivity index (χ1) is 12.4. The van der Waals surface area contributed by atoms with E-state index in [1.807, 2.05) is 0 Å². The van der Waals surface area contributed by atoms with E-state index < -0.39 is 26.6 Å². The van der Waals surface area contributed by atoms with E-state index in [0.717, 1.165) is 16.4 Å². The zero-order chi connectivity index (χ0) is 18.3. The van der Waals surface area contributed by atoms with Gasteiger partial charge in [0.15, 0.2) is 0 Å². The highest BCUT2D eigenvalue weighted by Gasteiger charge is 2.41. The normalized spacial score (nSPS) is 15.8. The molecule has 0 bridgehead atoms. The van der Waals surface area contributed by atoms with Gasteiger partial charge in [-0.1, -0.05) is 5.16 Å². The highest BCUT2D eigenvalue weighted by Crippen LogP contribution is 2.32. The predicted molar refractivity (Wildman–Crippen MR) is 85.4 cm³/mol. The smallest absolute Gasteiger partial charge is 0.246 e.